The second kappa shape index (κ2) is 13.7. The van der Waals surface area contributed by atoms with Gasteiger partial charge in [0.15, 0.2) is 17.3 Å². The van der Waals surface area contributed by atoms with Crippen LogP contribution >= 0.6 is 0 Å². The Hall–Kier alpha value is -3.68. The molecule has 7 nitrogen and oxygen atoms in total. The van der Waals surface area contributed by atoms with Gasteiger partial charge in [-0.2, -0.15) is 0 Å². The molecular formula is C31H36N2O5. The summed E-state index contributed by atoms with van der Waals surface area (Å²) in [6.45, 7) is 8.88. The monoisotopic (exact) mass is 516 g/mol. The van der Waals surface area contributed by atoms with E-state index in [0.29, 0.717) is 36.0 Å². The van der Waals surface area contributed by atoms with Gasteiger partial charge in [0.1, 0.15) is 0 Å². The number of hydrogen-bond donors (Lipinski definition) is 1. The van der Waals surface area contributed by atoms with Crippen LogP contribution in [0, 0.1) is 0 Å². The lowest BCUT2D eigenvalue weighted by atomic mass is 9.98. The molecule has 1 aliphatic heterocycles. The van der Waals surface area contributed by atoms with E-state index in [1.807, 2.05) is 44.2 Å². The predicted octanol–water partition coefficient (Wildman–Crippen LogP) is 5.58. The number of rotatable bonds is 12. The first-order chi connectivity index (χ1) is 18.6. The number of amides is 1. The van der Waals surface area contributed by atoms with Gasteiger partial charge in [-0.3, -0.25) is 14.5 Å². The lowest BCUT2D eigenvalue weighted by molar-refractivity contribution is -0.116. The van der Waals surface area contributed by atoms with Gasteiger partial charge >= 0.3 is 0 Å². The van der Waals surface area contributed by atoms with Crippen LogP contribution in [0.1, 0.15) is 42.6 Å². The average molecular weight is 517 g/mol. The number of morpholine rings is 1. The molecule has 7 heteroatoms. The van der Waals surface area contributed by atoms with Gasteiger partial charge in [0.25, 0.3) is 0 Å². The summed E-state index contributed by atoms with van der Waals surface area (Å²) in [7, 11) is 0. The van der Waals surface area contributed by atoms with Crippen LogP contribution in [0.15, 0.2) is 66.7 Å². The molecule has 0 atom stereocenters. The first kappa shape index (κ1) is 27.4. The molecule has 3 aromatic carbocycles. The third-order valence-electron chi connectivity index (χ3n) is 6.42. The Labute approximate surface area is 224 Å². The lowest BCUT2D eigenvalue weighted by Crippen LogP contribution is -2.35. The van der Waals surface area contributed by atoms with E-state index in [9.17, 15) is 9.59 Å². The zero-order valence-electron chi connectivity index (χ0n) is 22.2. The quantitative estimate of drug-likeness (QED) is 0.317. The summed E-state index contributed by atoms with van der Waals surface area (Å²) in [6.07, 6.45) is 0.193. The molecule has 1 heterocycles. The second-order valence-corrected chi connectivity index (χ2v) is 9.13. The summed E-state index contributed by atoms with van der Waals surface area (Å²) in [5.41, 5.74) is 4.61. The number of Topliss-reactive ketones (excluding diaryl/α,β-unsaturated/α-hetero) is 1. The number of nitrogens with one attached hydrogen (secondary N) is 1. The van der Waals surface area contributed by atoms with Crippen molar-refractivity contribution in [3.63, 3.8) is 0 Å². The number of ether oxygens (including phenoxy) is 3. The molecular weight excluding hydrogens is 480 g/mol. The van der Waals surface area contributed by atoms with E-state index >= 15 is 0 Å². The van der Waals surface area contributed by atoms with Crippen molar-refractivity contribution >= 4 is 17.4 Å². The highest BCUT2D eigenvalue weighted by Gasteiger charge is 2.16. The van der Waals surface area contributed by atoms with Gasteiger partial charge < -0.3 is 19.5 Å². The molecule has 0 radical (unpaired) electrons. The first-order valence-corrected chi connectivity index (χ1v) is 13.3. The zero-order valence-corrected chi connectivity index (χ0v) is 22.2. The third-order valence-corrected chi connectivity index (χ3v) is 6.42. The van der Waals surface area contributed by atoms with Crippen molar-refractivity contribution < 1.29 is 23.8 Å². The molecule has 0 aliphatic carbocycles. The molecule has 38 heavy (non-hydrogen) atoms. The van der Waals surface area contributed by atoms with Crippen molar-refractivity contribution in [1.29, 1.82) is 0 Å². The molecule has 0 spiro atoms. The average Bonchev–Trinajstić information content (AvgIpc) is 2.95. The van der Waals surface area contributed by atoms with Crippen LogP contribution in [0.2, 0.25) is 0 Å². The smallest absolute Gasteiger partial charge is 0.224 e. The molecule has 1 saturated heterocycles. The van der Waals surface area contributed by atoms with Gasteiger partial charge in [-0.1, -0.05) is 36.4 Å². The summed E-state index contributed by atoms with van der Waals surface area (Å²) >= 11 is 0. The van der Waals surface area contributed by atoms with Gasteiger partial charge in [-0.25, -0.2) is 0 Å². The Morgan fingerprint density at radius 1 is 0.868 bits per heavy atom. The number of hydrogen-bond acceptors (Lipinski definition) is 6. The fourth-order valence-electron chi connectivity index (χ4n) is 4.50. The molecule has 1 N–H and O–H groups in total. The second-order valence-electron chi connectivity index (χ2n) is 9.13. The largest absolute Gasteiger partial charge is 0.490 e. The minimum atomic E-state index is -0.200. The number of carbonyl (C=O) groups excluding carboxylic acids is 2. The molecule has 0 aromatic heterocycles. The maximum absolute atomic E-state index is 12.8. The maximum atomic E-state index is 12.8. The Bertz CT molecular complexity index is 1220. The fourth-order valence-corrected chi connectivity index (χ4v) is 4.50. The van der Waals surface area contributed by atoms with Crippen LogP contribution in [0.3, 0.4) is 0 Å². The number of anilines is 1. The summed E-state index contributed by atoms with van der Waals surface area (Å²) in [4.78, 5) is 28.0. The molecule has 0 saturated carbocycles. The highest BCUT2D eigenvalue weighted by atomic mass is 16.5. The van der Waals surface area contributed by atoms with E-state index < -0.39 is 0 Å². The van der Waals surface area contributed by atoms with Crippen LogP contribution in [0.25, 0.3) is 11.1 Å². The van der Waals surface area contributed by atoms with Gasteiger partial charge in [-0.15, -0.1) is 0 Å². The fraction of sp³-hybridized carbons (Fsp3) is 0.355. The van der Waals surface area contributed by atoms with Crippen LogP contribution in [0.4, 0.5) is 5.69 Å². The number of carbonyl (C=O) groups is 2. The van der Waals surface area contributed by atoms with Crippen molar-refractivity contribution in [2.45, 2.75) is 33.2 Å². The van der Waals surface area contributed by atoms with Crippen LogP contribution in [0.5, 0.6) is 11.5 Å². The molecule has 0 bridgehead atoms. The summed E-state index contributed by atoms with van der Waals surface area (Å²) in [5, 5.41) is 2.98. The molecule has 1 fully saturated rings. The summed E-state index contributed by atoms with van der Waals surface area (Å²) in [6, 6.07) is 21.4. The van der Waals surface area contributed by atoms with Crippen LogP contribution < -0.4 is 14.8 Å². The van der Waals surface area contributed by atoms with Gasteiger partial charge in [0, 0.05) is 43.7 Å². The SMILES string of the molecule is CCOc1ccc(C(=O)CCC(=O)Nc2ccc(CN3CCOCC3)c(-c3ccccc3)c2)cc1OCC. The van der Waals surface area contributed by atoms with Crippen molar-refractivity contribution in [3.05, 3.63) is 77.9 Å². The summed E-state index contributed by atoms with van der Waals surface area (Å²) in [5.74, 6) is 0.828. The standard InChI is InChI=1S/C31H36N2O5/c1-3-37-29-14-11-24(20-30(29)38-4-2)28(34)13-15-31(35)32-26-12-10-25(22-33-16-18-36-19-17-33)27(21-26)23-8-6-5-7-9-23/h5-12,14,20-21H,3-4,13,15-19,22H2,1-2H3,(H,32,35). The van der Waals surface area contributed by atoms with Crippen molar-refractivity contribution in [2.24, 2.45) is 0 Å². The Balaban J connectivity index is 1.42. The molecule has 3 aromatic rings. The molecule has 4 rings (SSSR count). The Kier molecular flexibility index (Phi) is 9.90. The highest BCUT2D eigenvalue weighted by Crippen LogP contribution is 2.30. The van der Waals surface area contributed by atoms with Crippen LogP contribution in [-0.2, 0) is 16.1 Å². The minimum absolute atomic E-state index is 0.0895. The van der Waals surface area contributed by atoms with E-state index in [1.54, 1.807) is 18.2 Å². The molecule has 1 aliphatic rings. The number of ketones is 1. The third kappa shape index (κ3) is 7.43. The summed E-state index contributed by atoms with van der Waals surface area (Å²) < 4.78 is 16.7. The number of benzene rings is 3. The maximum Gasteiger partial charge on any atom is 0.224 e. The molecule has 200 valence electrons. The molecule has 1 amide bonds. The van der Waals surface area contributed by atoms with E-state index in [2.05, 4.69) is 28.4 Å². The van der Waals surface area contributed by atoms with E-state index in [1.165, 1.54) is 5.56 Å². The minimum Gasteiger partial charge on any atom is -0.490 e. The van der Waals surface area contributed by atoms with Crippen molar-refractivity contribution in [2.75, 3.05) is 44.8 Å². The van der Waals surface area contributed by atoms with E-state index in [-0.39, 0.29) is 24.5 Å². The predicted molar refractivity (Wildman–Crippen MR) is 149 cm³/mol. The zero-order chi connectivity index (χ0) is 26.7. The van der Waals surface area contributed by atoms with Gasteiger partial charge in [-0.05, 0) is 60.9 Å². The van der Waals surface area contributed by atoms with Crippen molar-refractivity contribution in [3.8, 4) is 22.6 Å². The Morgan fingerprint density at radius 2 is 1.61 bits per heavy atom. The van der Waals surface area contributed by atoms with E-state index in [4.69, 9.17) is 14.2 Å². The lowest BCUT2D eigenvalue weighted by Gasteiger charge is -2.27. The van der Waals surface area contributed by atoms with Crippen molar-refractivity contribution in [1.82, 2.24) is 4.90 Å². The Morgan fingerprint density at radius 3 is 2.34 bits per heavy atom. The van der Waals surface area contributed by atoms with E-state index in [0.717, 1.165) is 44.0 Å². The normalized spacial score (nSPS) is 13.6. The number of nitrogens with zero attached hydrogens (tertiary/aromatic N) is 1. The van der Waals surface area contributed by atoms with Gasteiger partial charge in [0.05, 0.1) is 26.4 Å². The van der Waals surface area contributed by atoms with Gasteiger partial charge in [0.2, 0.25) is 5.91 Å². The first-order valence-electron chi connectivity index (χ1n) is 13.3. The topological polar surface area (TPSA) is 77.1 Å². The highest BCUT2D eigenvalue weighted by molar-refractivity contribution is 6.00. The molecule has 0 unspecified atom stereocenters. The van der Waals surface area contributed by atoms with Crippen LogP contribution in [-0.4, -0.2) is 56.1 Å².